The summed E-state index contributed by atoms with van der Waals surface area (Å²) in [5.41, 5.74) is 1.11. The summed E-state index contributed by atoms with van der Waals surface area (Å²) >= 11 is 10.6. The minimum absolute atomic E-state index is 0.141. The molecule has 0 radical (unpaired) electrons. The molecule has 0 fully saturated rings. The van der Waals surface area contributed by atoms with E-state index in [9.17, 15) is 9.59 Å². The van der Waals surface area contributed by atoms with Crippen molar-refractivity contribution in [3.05, 3.63) is 61.2 Å². The van der Waals surface area contributed by atoms with Gasteiger partial charge in [0.2, 0.25) is 0 Å². The molecule has 0 spiro atoms. The van der Waals surface area contributed by atoms with Crippen LogP contribution in [0.2, 0.25) is 5.02 Å². The van der Waals surface area contributed by atoms with Gasteiger partial charge in [-0.3, -0.25) is 14.6 Å². The van der Waals surface area contributed by atoms with E-state index in [-0.39, 0.29) is 16.0 Å². The van der Waals surface area contributed by atoms with Gasteiger partial charge in [-0.15, -0.1) is 0 Å². The molecule has 1 aromatic heterocycles. The molecular formula is C12H9ClN2O2S. The normalized spacial score (nSPS) is 10.3. The van der Waals surface area contributed by atoms with Crippen molar-refractivity contribution >= 4 is 30.1 Å². The Hall–Kier alpha value is -1.72. The number of benzene rings is 1. The van der Waals surface area contributed by atoms with E-state index in [1.807, 2.05) is 0 Å². The maximum atomic E-state index is 11.8. The van der Waals surface area contributed by atoms with Gasteiger partial charge in [-0.2, -0.15) is 0 Å². The number of halogens is 1. The van der Waals surface area contributed by atoms with Crippen LogP contribution in [0.3, 0.4) is 0 Å². The van der Waals surface area contributed by atoms with Crippen LogP contribution < -0.4 is 5.56 Å². The third-order valence-electron chi connectivity index (χ3n) is 2.49. The Bertz CT molecular complexity index is 688. The highest BCUT2D eigenvalue weighted by molar-refractivity contribution is 7.71. The zero-order valence-corrected chi connectivity index (χ0v) is 10.8. The summed E-state index contributed by atoms with van der Waals surface area (Å²) in [4.78, 5) is 27.8. The zero-order valence-electron chi connectivity index (χ0n) is 9.20. The zero-order chi connectivity index (χ0) is 13.1. The number of carbonyl (C=O) groups is 1. The summed E-state index contributed by atoms with van der Waals surface area (Å²) in [5.74, 6) is 0. The van der Waals surface area contributed by atoms with Gasteiger partial charge in [0.25, 0.3) is 5.56 Å². The molecule has 92 valence electrons. The Balaban J connectivity index is 2.46. The van der Waals surface area contributed by atoms with E-state index in [2.05, 4.69) is 9.97 Å². The molecule has 18 heavy (non-hydrogen) atoms. The van der Waals surface area contributed by atoms with Crippen LogP contribution in [0.5, 0.6) is 0 Å². The van der Waals surface area contributed by atoms with Gasteiger partial charge in [0.1, 0.15) is 0 Å². The number of aromatic amines is 2. The van der Waals surface area contributed by atoms with E-state index in [0.717, 1.165) is 5.56 Å². The summed E-state index contributed by atoms with van der Waals surface area (Å²) in [5, 5.41) is 0.621. The highest BCUT2D eigenvalue weighted by Crippen LogP contribution is 2.12. The highest BCUT2D eigenvalue weighted by Gasteiger charge is 2.08. The highest BCUT2D eigenvalue weighted by atomic mass is 35.5. The monoisotopic (exact) mass is 280 g/mol. The number of H-pyrrole nitrogens is 2. The van der Waals surface area contributed by atoms with Crippen molar-refractivity contribution < 1.29 is 4.79 Å². The lowest BCUT2D eigenvalue weighted by atomic mass is 10.1. The number of hydrogen-bond acceptors (Lipinski definition) is 3. The smallest absolute Gasteiger partial charge is 0.255 e. The van der Waals surface area contributed by atoms with Crippen molar-refractivity contribution in [2.45, 2.75) is 6.42 Å². The van der Waals surface area contributed by atoms with E-state index in [0.29, 0.717) is 23.3 Å². The Morgan fingerprint density at radius 1 is 1.22 bits per heavy atom. The molecule has 2 rings (SSSR count). The molecule has 0 bridgehead atoms. The van der Waals surface area contributed by atoms with Crippen molar-refractivity contribution in [1.82, 2.24) is 9.97 Å². The molecular weight excluding hydrogens is 272 g/mol. The molecule has 0 saturated carbocycles. The average Bonchev–Trinajstić information content (AvgIpc) is 2.34. The van der Waals surface area contributed by atoms with Crippen molar-refractivity contribution in [3.63, 3.8) is 0 Å². The number of rotatable bonds is 3. The maximum Gasteiger partial charge on any atom is 0.255 e. The molecule has 1 heterocycles. The standard InChI is InChI=1S/C12H9ClN2O2S/c13-8-3-1-7(2-4-8)5-9-10(6-16)14-12(18)15-11(9)17/h1-4,6H,5H2,(H2,14,15,17,18). The molecule has 0 unspecified atom stereocenters. The topological polar surface area (TPSA) is 65.7 Å². The van der Waals surface area contributed by atoms with Gasteiger partial charge in [0.05, 0.1) is 5.69 Å². The second-order valence-corrected chi connectivity index (χ2v) is 4.57. The Kier molecular flexibility index (Phi) is 3.74. The van der Waals surface area contributed by atoms with E-state index < -0.39 is 0 Å². The fourth-order valence-corrected chi connectivity index (χ4v) is 1.94. The van der Waals surface area contributed by atoms with Crippen LogP contribution in [-0.2, 0) is 6.42 Å². The Morgan fingerprint density at radius 2 is 1.89 bits per heavy atom. The van der Waals surface area contributed by atoms with Crippen LogP contribution in [-0.4, -0.2) is 16.3 Å². The van der Waals surface area contributed by atoms with Crippen LogP contribution in [0.15, 0.2) is 29.1 Å². The Morgan fingerprint density at radius 3 is 2.50 bits per heavy atom. The number of aldehydes is 1. The number of hydrogen-bond donors (Lipinski definition) is 2. The van der Waals surface area contributed by atoms with E-state index in [4.69, 9.17) is 23.8 Å². The van der Waals surface area contributed by atoms with Crippen LogP contribution in [0.25, 0.3) is 0 Å². The molecule has 2 N–H and O–H groups in total. The van der Waals surface area contributed by atoms with Crippen LogP contribution in [0, 0.1) is 4.77 Å². The number of nitrogens with one attached hydrogen (secondary N) is 2. The van der Waals surface area contributed by atoms with Gasteiger partial charge in [-0.25, -0.2) is 0 Å². The third-order valence-corrected chi connectivity index (χ3v) is 2.94. The second-order valence-electron chi connectivity index (χ2n) is 3.72. The number of aromatic nitrogens is 2. The van der Waals surface area contributed by atoms with Crippen molar-refractivity contribution in [2.75, 3.05) is 0 Å². The fraction of sp³-hybridized carbons (Fsp3) is 0.0833. The summed E-state index contributed by atoms with van der Waals surface area (Å²) < 4.78 is 0.141. The van der Waals surface area contributed by atoms with Gasteiger partial charge in [-0.1, -0.05) is 23.7 Å². The minimum Gasteiger partial charge on any atom is -0.329 e. The molecule has 0 atom stereocenters. The molecule has 0 amide bonds. The molecule has 0 aliphatic carbocycles. The third kappa shape index (κ3) is 2.75. The quantitative estimate of drug-likeness (QED) is 0.670. The first-order chi connectivity index (χ1) is 8.60. The van der Waals surface area contributed by atoms with Crippen molar-refractivity contribution in [3.8, 4) is 0 Å². The maximum absolute atomic E-state index is 11.8. The summed E-state index contributed by atoms with van der Waals surface area (Å²) in [6.07, 6.45) is 0.934. The molecule has 6 heteroatoms. The molecule has 0 aliphatic rings. The SMILES string of the molecule is O=Cc1[nH]c(=S)[nH]c(=O)c1Cc1ccc(Cl)cc1. The molecule has 2 aromatic rings. The van der Waals surface area contributed by atoms with Gasteiger partial charge in [0, 0.05) is 17.0 Å². The lowest BCUT2D eigenvalue weighted by molar-refractivity contribution is 0.111. The van der Waals surface area contributed by atoms with E-state index >= 15 is 0 Å². The summed E-state index contributed by atoms with van der Waals surface area (Å²) in [6, 6.07) is 7.07. The second kappa shape index (κ2) is 5.29. The molecule has 0 aliphatic heterocycles. The van der Waals surface area contributed by atoms with Crippen LogP contribution >= 0.6 is 23.8 Å². The van der Waals surface area contributed by atoms with Gasteiger partial charge in [0.15, 0.2) is 11.1 Å². The minimum atomic E-state index is -0.351. The summed E-state index contributed by atoms with van der Waals surface area (Å²) in [7, 11) is 0. The van der Waals surface area contributed by atoms with Gasteiger partial charge in [-0.05, 0) is 29.9 Å². The fourth-order valence-electron chi connectivity index (χ4n) is 1.61. The van der Waals surface area contributed by atoms with Crippen LogP contribution in [0.1, 0.15) is 21.6 Å². The first-order valence-corrected chi connectivity index (χ1v) is 5.94. The van der Waals surface area contributed by atoms with E-state index in [1.165, 1.54) is 0 Å². The first kappa shape index (κ1) is 12.7. The average molecular weight is 281 g/mol. The van der Waals surface area contributed by atoms with E-state index in [1.54, 1.807) is 24.3 Å². The lowest BCUT2D eigenvalue weighted by Crippen LogP contribution is -2.18. The van der Waals surface area contributed by atoms with Crippen LogP contribution in [0.4, 0.5) is 0 Å². The van der Waals surface area contributed by atoms with Crippen molar-refractivity contribution in [1.29, 1.82) is 0 Å². The molecule has 4 nitrogen and oxygen atoms in total. The van der Waals surface area contributed by atoms with Gasteiger partial charge < -0.3 is 4.98 Å². The predicted octanol–water partition coefficient (Wildman–Crippen LogP) is 2.49. The van der Waals surface area contributed by atoms with Gasteiger partial charge >= 0.3 is 0 Å². The number of carbonyl (C=O) groups excluding carboxylic acids is 1. The largest absolute Gasteiger partial charge is 0.329 e. The molecule has 0 saturated heterocycles. The van der Waals surface area contributed by atoms with Crippen molar-refractivity contribution in [2.24, 2.45) is 0 Å². The Labute approximate surface area is 113 Å². The predicted molar refractivity (Wildman–Crippen MR) is 71.9 cm³/mol. The first-order valence-electron chi connectivity index (χ1n) is 5.15. The summed E-state index contributed by atoms with van der Waals surface area (Å²) in [6.45, 7) is 0. The molecule has 1 aromatic carbocycles. The lowest BCUT2D eigenvalue weighted by Gasteiger charge is -2.04.